The first kappa shape index (κ1) is 27.9. The molecule has 0 aromatic heterocycles. The van der Waals surface area contributed by atoms with Crippen LogP contribution in [0.15, 0.2) is 60.7 Å². The van der Waals surface area contributed by atoms with E-state index in [0.29, 0.717) is 12.8 Å². The number of ether oxygens (including phenoxy) is 2. The molecule has 0 fully saturated rings. The van der Waals surface area contributed by atoms with Gasteiger partial charge in [0.1, 0.15) is 25.1 Å². The molecule has 5 heteroatoms. The molecule has 0 saturated heterocycles. The molecule has 2 unspecified atom stereocenters. The van der Waals surface area contributed by atoms with Crippen LogP contribution in [0.2, 0.25) is 0 Å². The van der Waals surface area contributed by atoms with Crippen LogP contribution in [0.3, 0.4) is 0 Å². The van der Waals surface area contributed by atoms with Gasteiger partial charge >= 0.3 is 5.97 Å². The first-order valence-electron chi connectivity index (χ1n) is 12.9. The average Bonchev–Trinajstić information content (AvgIpc) is 2.88. The number of para-hydroxylation sites is 1. The summed E-state index contributed by atoms with van der Waals surface area (Å²) in [7, 11) is 0. The Hall–Kier alpha value is -2.37. The van der Waals surface area contributed by atoms with Gasteiger partial charge < -0.3 is 9.47 Å². The second kappa shape index (κ2) is 18.0. The van der Waals surface area contributed by atoms with Crippen LogP contribution in [0, 0.1) is 5.92 Å². The Morgan fingerprint density at radius 2 is 1.38 bits per heavy atom. The van der Waals surface area contributed by atoms with E-state index in [2.05, 4.69) is 6.92 Å². The second-order valence-corrected chi connectivity index (χ2v) is 8.89. The zero-order valence-electron chi connectivity index (χ0n) is 20.7. The zero-order chi connectivity index (χ0) is 24.3. The molecule has 2 atom stereocenters. The van der Waals surface area contributed by atoms with Gasteiger partial charge in [0.15, 0.2) is 0 Å². The van der Waals surface area contributed by atoms with Crippen LogP contribution in [-0.2, 0) is 20.8 Å². The molecule has 188 valence electrons. The molecular weight excluding hydrogens is 428 g/mol. The maximum Gasteiger partial charge on any atom is 0.311 e. The van der Waals surface area contributed by atoms with E-state index >= 15 is 0 Å². The van der Waals surface area contributed by atoms with Gasteiger partial charge in [0.25, 0.3) is 0 Å². The Morgan fingerprint density at radius 3 is 2.00 bits per heavy atom. The molecule has 0 aliphatic rings. The first-order chi connectivity index (χ1) is 16.7. The lowest BCUT2D eigenvalue weighted by Gasteiger charge is -2.23. The van der Waals surface area contributed by atoms with E-state index in [1.165, 1.54) is 44.9 Å². The van der Waals surface area contributed by atoms with Crippen molar-refractivity contribution in [3.8, 4) is 5.75 Å². The van der Waals surface area contributed by atoms with Crippen LogP contribution < -0.4 is 4.74 Å². The number of hydrogen-bond acceptors (Lipinski definition) is 5. The Kier molecular flexibility index (Phi) is 14.8. The fourth-order valence-corrected chi connectivity index (χ4v) is 4.16. The Labute approximate surface area is 205 Å². The van der Waals surface area contributed by atoms with Crippen LogP contribution in [-0.4, -0.2) is 30.5 Å². The van der Waals surface area contributed by atoms with Crippen molar-refractivity contribution in [3.63, 3.8) is 0 Å². The number of carbonyl (C=O) groups is 1. The molecule has 0 aliphatic carbocycles. The minimum atomic E-state index is -0.640. The molecule has 2 aromatic rings. The predicted octanol–water partition coefficient (Wildman–Crippen LogP) is 7.25. The summed E-state index contributed by atoms with van der Waals surface area (Å²) in [6.45, 7) is 2.67. The highest BCUT2D eigenvalue weighted by Gasteiger charge is 2.31. The first-order valence-corrected chi connectivity index (χ1v) is 12.9. The van der Waals surface area contributed by atoms with Crippen molar-refractivity contribution in [3.05, 3.63) is 66.2 Å². The minimum Gasteiger partial charge on any atom is -0.490 e. The average molecular weight is 471 g/mol. The second-order valence-electron chi connectivity index (χ2n) is 8.89. The highest BCUT2D eigenvalue weighted by Crippen LogP contribution is 2.22. The van der Waals surface area contributed by atoms with Gasteiger partial charge in [0, 0.05) is 6.42 Å². The van der Waals surface area contributed by atoms with Crippen molar-refractivity contribution in [2.75, 3.05) is 13.2 Å². The summed E-state index contributed by atoms with van der Waals surface area (Å²) in [5, 5.41) is 9.64. The van der Waals surface area contributed by atoms with E-state index in [0.717, 1.165) is 24.2 Å². The summed E-state index contributed by atoms with van der Waals surface area (Å²) in [6, 6.07) is 19.2. The number of carbonyl (C=O) groups excluding carboxylic acids is 1. The SMILES string of the molecule is CCCCCCCCCCCC(C(=O)OCCOc1ccccc1)C(Cc1ccccc1)OO. The molecule has 0 spiro atoms. The highest BCUT2D eigenvalue weighted by atomic mass is 17.1. The van der Waals surface area contributed by atoms with Gasteiger partial charge in [-0.3, -0.25) is 10.1 Å². The molecule has 2 aromatic carbocycles. The monoisotopic (exact) mass is 470 g/mol. The van der Waals surface area contributed by atoms with Crippen molar-refractivity contribution < 1.29 is 24.4 Å². The van der Waals surface area contributed by atoms with Gasteiger partial charge in [-0.1, -0.05) is 113 Å². The maximum absolute atomic E-state index is 12.9. The van der Waals surface area contributed by atoms with E-state index < -0.39 is 12.0 Å². The number of benzene rings is 2. The highest BCUT2D eigenvalue weighted by molar-refractivity contribution is 5.73. The fourth-order valence-electron chi connectivity index (χ4n) is 4.16. The lowest BCUT2D eigenvalue weighted by Crippen LogP contribution is -2.34. The van der Waals surface area contributed by atoms with Crippen LogP contribution in [0.4, 0.5) is 0 Å². The number of unbranched alkanes of at least 4 members (excludes halogenated alkanes) is 8. The van der Waals surface area contributed by atoms with Crippen molar-refractivity contribution in [1.29, 1.82) is 0 Å². The van der Waals surface area contributed by atoms with Crippen molar-refractivity contribution in [2.45, 2.75) is 83.7 Å². The molecule has 0 aliphatic heterocycles. The maximum atomic E-state index is 12.9. The molecule has 1 N–H and O–H groups in total. The number of hydrogen-bond donors (Lipinski definition) is 1. The van der Waals surface area contributed by atoms with Gasteiger partial charge in [0.2, 0.25) is 0 Å². The summed E-state index contributed by atoms with van der Waals surface area (Å²) in [5.41, 5.74) is 1.01. The van der Waals surface area contributed by atoms with E-state index in [1.54, 1.807) is 0 Å². The van der Waals surface area contributed by atoms with E-state index in [9.17, 15) is 10.1 Å². The fraction of sp³-hybridized carbons (Fsp3) is 0.552. The summed E-state index contributed by atoms with van der Waals surface area (Å²) < 4.78 is 11.1. The van der Waals surface area contributed by atoms with Crippen molar-refractivity contribution >= 4 is 5.97 Å². The molecule has 5 nitrogen and oxygen atoms in total. The predicted molar refractivity (Wildman–Crippen MR) is 136 cm³/mol. The lowest BCUT2D eigenvalue weighted by atomic mass is 9.91. The molecular formula is C29H42O5. The van der Waals surface area contributed by atoms with Crippen LogP contribution in [0.1, 0.15) is 76.7 Å². The molecule has 0 amide bonds. The van der Waals surface area contributed by atoms with Gasteiger partial charge in [-0.05, 0) is 24.1 Å². The van der Waals surface area contributed by atoms with Crippen molar-refractivity contribution in [1.82, 2.24) is 0 Å². The van der Waals surface area contributed by atoms with Crippen LogP contribution in [0.5, 0.6) is 5.75 Å². The normalized spacial score (nSPS) is 12.8. The Balaban J connectivity index is 1.81. The molecule has 34 heavy (non-hydrogen) atoms. The summed E-state index contributed by atoms with van der Waals surface area (Å²) in [5.74, 6) is -0.122. The Morgan fingerprint density at radius 1 is 0.794 bits per heavy atom. The summed E-state index contributed by atoms with van der Waals surface area (Å²) >= 11 is 0. The molecule has 0 bridgehead atoms. The largest absolute Gasteiger partial charge is 0.490 e. The number of rotatable bonds is 19. The van der Waals surface area contributed by atoms with Gasteiger partial charge in [-0.15, -0.1) is 0 Å². The van der Waals surface area contributed by atoms with E-state index in [1.807, 2.05) is 60.7 Å². The third kappa shape index (κ3) is 11.7. The minimum absolute atomic E-state index is 0.158. The summed E-state index contributed by atoms with van der Waals surface area (Å²) in [4.78, 5) is 17.8. The van der Waals surface area contributed by atoms with Gasteiger partial charge in [0.05, 0.1) is 5.92 Å². The van der Waals surface area contributed by atoms with E-state index in [-0.39, 0.29) is 19.2 Å². The molecule has 0 saturated carbocycles. The molecule has 0 heterocycles. The summed E-state index contributed by atoms with van der Waals surface area (Å²) in [6.07, 6.45) is 11.3. The quantitative estimate of drug-likeness (QED) is 0.101. The zero-order valence-corrected chi connectivity index (χ0v) is 20.7. The van der Waals surface area contributed by atoms with E-state index in [4.69, 9.17) is 14.4 Å². The molecule has 0 radical (unpaired) electrons. The van der Waals surface area contributed by atoms with Crippen LogP contribution in [0.25, 0.3) is 0 Å². The van der Waals surface area contributed by atoms with Gasteiger partial charge in [-0.25, -0.2) is 4.89 Å². The lowest BCUT2D eigenvalue weighted by molar-refractivity contribution is -0.290. The third-order valence-electron chi connectivity index (χ3n) is 6.12. The molecule has 2 rings (SSSR count). The van der Waals surface area contributed by atoms with Gasteiger partial charge in [-0.2, -0.15) is 0 Å². The van der Waals surface area contributed by atoms with Crippen LogP contribution >= 0.6 is 0 Å². The smallest absolute Gasteiger partial charge is 0.311 e. The van der Waals surface area contributed by atoms with Crippen molar-refractivity contribution in [2.24, 2.45) is 5.92 Å². The third-order valence-corrected chi connectivity index (χ3v) is 6.12. The Bertz CT molecular complexity index is 750. The topological polar surface area (TPSA) is 65.0 Å². The standard InChI is InChI=1S/C29H42O5/c1-2-3-4-5-6-7-8-9-16-21-27(28(34-31)24-25-17-12-10-13-18-25)29(30)33-23-22-32-26-19-14-11-15-20-26/h10-15,17-20,27-28,31H,2-9,16,21-24H2,1H3. The number of esters is 1.